The first kappa shape index (κ1) is 13.2. The molecule has 0 saturated carbocycles. The Morgan fingerprint density at radius 1 is 1.32 bits per heavy atom. The van der Waals surface area contributed by atoms with Crippen molar-refractivity contribution in [3.05, 3.63) is 65.0 Å². The van der Waals surface area contributed by atoms with E-state index in [4.69, 9.17) is 5.73 Å². The van der Waals surface area contributed by atoms with E-state index in [0.717, 1.165) is 5.56 Å². The van der Waals surface area contributed by atoms with E-state index in [9.17, 15) is 4.79 Å². The van der Waals surface area contributed by atoms with Gasteiger partial charge in [-0.3, -0.25) is 9.78 Å². The molecule has 1 amide bonds. The van der Waals surface area contributed by atoms with Gasteiger partial charge in [-0.1, -0.05) is 24.3 Å². The van der Waals surface area contributed by atoms with Crippen molar-refractivity contribution in [1.29, 1.82) is 0 Å². The van der Waals surface area contributed by atoms with Crippen LogP contribution in [0, 0.1) is 6.92 Å². The number of amides is 1. The average Bonchev–Trinajstić information content (AvgIpc) is 2.46. The Morgan fingerprint density at radius 2 is 2.11 bits per heavy atom. The standard InChI is InChI=1S/C15H17N3O/c1-11-4-2-3-5-13(11)10-18-15(19)12-6-7-17-14(8-12)9-16/h2-8H,9-10,16H2,1H3,(H,18,19). The largest absolute Gasteiger partial charge is 0.348 e. The van der Waals surface area contributed by atoms with Crippen LogP contribution in [0.15, 0.2) is 42.6 Å². The van der Waals surface area contributed by atoms with Crippen molar-refractivity contribution in [3.8, 4) is 0 Å². The first-order valence-electron chi connectivity index (χ1n) is 6.18. The number of nitrogens with one attached hydrogen (secondary N) is 1. The van der Waals surface area contributed by atoms with Gasteiger partial charge in [-0.15, -0.1) is 0 Å². The van der Waals surface area contributed by atoms with Crippen molar-refractivity contribution >= 4 is 5.91 Å². The monoisotopic (exact) mass is 255 g/mol. The molecule has 1 aromatic carbocycles. The molecule has 3 N–H and O–H groups in total. The molecule has 2 rings (SSSR count). The average molecular weight is 255 g/mol. The third kappa shape index (κ3) is 3.39. The molecule has 0 aliphatic heterocycles. The highest BCUT2D eigenvalue weighted by molar-refractivity contribution is 5.94. The molecule has 0 unspecified atom stereocenters. The highest BCUT2D eigenvalue weighted by Gasteiger charge is 2.06. The van der Waals surface area contributed by atoms with Crippen LogP contribution in [0.1, 0.15) is 27.2 Å². The lowest BCUT2D eigenvalue weighted by atomic mass is 10.1. The molecule has 0 aliphatic carbocycles. The minimum absolute atomic E-state index is 0.111. The maximum absolute atomic E-state index is 12.0. The maximum atomic E-state index is 12.0. The summed E-state index contributed by atoms with van der Waals surface area (Å²) in [6.07, 6.45) is 1.60. The van der Waals surface area contributed by atoms with Gasteiger partial charge in [0.15, 0.2) is 0 Å². The van der Waals surface area contributed by atoms with Gasteiger partial charge in [-0.05, 0) is 30.2 Å². The fourth-order valence-electron chi connectivity index (χ4n) is 1.82. The van der Waals surface area contributed by atoms with E-state index in [2.05, 4.69) is 10.3 Å². The van der Waals surface area contributed by atoms with Crippen LogP contribution in [0.25, 0.3) is 0 Å². The van der Waals surface area contributed by atoms with E-state index in [0.29, 0.717) is 24.3 Å². The Morgan fingerprint density at radius 3 is 2.84 bits per heavy atom. The first-order chi connectivity index (χ1) is 9.20. The number of nitrogens with zero attached hydrogens (tertiary/aromatic N) is 1. The number of benzene rings is 1. The number of hydrogen-bond donors (Lipinski definition) is 2. The summed E-state index contributed by atoms with van der Waals surface area (Å²) in [6, 6.07) is 11.4. The highest BCUT2D eigenvalue weighted by Crippen LogP contribution is 2.07. The second-order valence-corrected chi connectivity index (χ2v) is 4.35. The molecule has 0 bridgehead atoms. The number of carbonyl (C=O) groups excluding carboxylic acids is 1. The van der Waals surface area contributed by atoms with Crippen molar-refractivity contribution in [2.45, 2.75) is 20.0 Å². The second-order valence-electron chi connectivity index (χ2n) is 4.35. The van der Waals surface area contributed by atoms with E-state index in [1.807, 2.05) is 31.2 Å². The van der Waals surface area contributed by atoms with Gasteiger partial charge < -0.3 is 11.1 Å². The SMILES string of the molecule is Cc1ccccc1CNC(=O)c1ccnc(CN)c1. The second kappa shape index (κ2) is 6.11. The summed E-state index contributed by atoms with van der Waals surface area (Å²) in [6.45, 7) is 2.88. The molecule has 0 atom stereocenters. The summed E-state index contributed by atoms with van der Waals surface area (Å²) in [5, 5.41) is 2.90. The van der Waals surface area contributed by atoms with Crippen LogP contribution in [0.5, 0.6) is 0 Å². The van der Waals surface area contributed by atoms with Crippen LogP contribution in [-0.4, -0.2) is 10.9 Å². The van der Waals surface area contributed by atoms with E-state index < -0.39 is 0 Å². The van der Waals surface area contributed by atoms with Crippen molar-refractivity contribution in [2.24, 2.45) is 5.73 Å². The molecule has 0 aliphatic rings. The number of carbonyl (C=O) groups is 1. The van der Waals surface area contributed by atoms with Crippen LogP contribution in [-0.2, 0) is 13.1 Å². The van der Waals surface area contributed by atoms with Crippen molar-refractivity contribution in [1.82, 2.24) is 10.3 Å². The summed E-state index contributed by atoms with van der Waals surface area (Å²) in [4.78, 5) is 16.1. The van der Waals surface area contributed by atoms with E-state index in [-0.39, 0.29) is 5.91 Å². The molecule has 0 radical (unpaired) electrons. The summed E-state index contributed by atoms with van der Waals surface area (Å²) < 4.78 is 0. The van der Waals surface area contributed by atoms with Gasteiger partial charge in [0, 0.05) is 24.8 Å². The van der Waals surface area contributed by atoms with Gasteiger partial charge in [-0.2, -0.15) is 0 Å². The van der Waals surface area contributed by atoms with E-state index in [1.54, 1.807) is 18.3 Å². The lowest BCUT2D eigenvalue weighted by molar-refractivity contribution is 0.0950. The number of rotatable bonds is 4. The Balaban J connectivity index is 2.03. The fourth-order valence-corrected chi connectivity index (χ4v) is 1.82. The lowest BCUT2D eigenvalue weighted by Gasteiger charge is -2.08. The molecule has 2 aromatic rings. The van der Waals surface area contributed by atoms with Gasteiger partial charge in [0.25, 0.3) is 5.91 Å². The van der Waals surface area contributed by atoms with Crippen molar-refractivity contribution in [3.63, 3.8) is 0 Å². The van der Waals surface area contributed by atoms with Gasteiger partial charge in [-0.25, -0.2) is 0 Å². The van der Waals surface area contributed by atoms with Gasteiger partial charge in [0.1, 0.15) is 0 Å². The predicted molar refractivity (Wildman–Crippen MR) is 74.5 cm³/mol. The Labute approximate surface area is 112 Å². The number of nitrogens with two attached hydrogens (primary N) is 1. The van der Waals surface area contributed by atoms with Crippen LogP contribution in [0.4, 0.5) is 0 Å². The van der Waals surface area contributed by atoms with Crippen LogP contribution >= 0.6 is 0 Å². The summed E-state index contributed by atoms with van der Waals surface area (Å²) in [5.74, 6) is -0.111. The number of hydrogen-bond acceptors (Lipinski definition) is 3. The van der Waals surface area contributed by atoms with Gasteiger partial charge in [0.2, 0.25) is 0 Å². The smallest absolute Gasteiger partial charge is 0.251 e. The Hall–Kier alpha value is -2.20. The Bertz CT molecular complexity index is 581. The van der Waals surface area contributed by atoms with Crippen LogP contribution < -0.4 is 11.1 Å². The first-order valence-corrected chi connectivity index (χ1v) is 6.18. The highest BCUT2D eigenvalue weighted by atomic mass is 16.1. The minimum atomic E-state index is -0.111. The number of aromatic nitrogens is 1. The maximum Gasteiger partial charge on any atom is 0.251 e. The zero-order valence-corrected chi connectivity index (χ0v) is 10.9. The van der Waals surface area contributed by atoms with Crippen molar-refractivity contribution in [2.75, 3.05) is 0 Å². The zero-order valence-electron chi connectivity index (χ0n) is 10.9. The molecule has 1 heterocycles. The fraction of sp³-hybridized carbons (Fsp3) is 0.200. The number of pyridine rings is 1. The lowest BCUT2D eigenvalue weighted by Crippen LogP contribution is -2.23. The minimum Gasteiger partial charge on any atom is -0.348 e. The molecule has 4 heteroatoms. The van der Waals surface area contributed by atoms with E-state index in [1.165, 1.54) is 5.56 Å². The molecule has 0 fully saturated rings. The summed E-state index contributed by atoms with van der Waals surface area (Å²) in [7, 11) is 0. The third-order valence-electron chi connectivity index (χ3n) is 2.99. The molecule has 1 aromatic heterocycles. The molecule has 0 spiro atoms. The molecule has 19 heavy (non-hydrogen) atoms. The third-order valence-corrected chi connectivity index (χ3v) is 2.99. The van der Waals surface area contributed by atoms with E-state index >= 15 is 0 Å². The molecular formula is C15H17N3O. The van der Waals surface area contributed by atoms with Gasteiger partial charge in [0.05, 0.1) is 5.69 Å². The number of aryl methyl sites for hydroxylation is 1. The molecule has 0 saturated heterocycles. The van der Waals surface area contributed by atoms with Crippen molar-refractivity contribution < 1.29 is 4.79 Å². The molecule has 98 valence electrons. The predicted octanol–water partition coefficient (Wildman–Crippen LogP) is 1.78. The molecular weight excluding hydrogens is 238 g/mol. The van der Waals surface area contributed by atoms with Crippen LogP contribution in [0.2, 0.25) is 0 Å². The van der Waals surface area contributed by atoms with Crippen LogP contribution in [0.3, 0.4) is 0 Å². The molecule has 4 nitrogen and oxygen atoms in total. The Kier molecular flexibility index (Phi) is 4.26. The zero-order chi connectivity index (χ0) is 13.7. The summed E-state index contributed by atoms with van der Waals surface area (Å²) in [5.41, 5.74) is 9.09. The normalized spacial score (nSPS) is 10.2. The van der Waals surface area contributed by atoms with Gasteiger partial charge >= 0.3 is 0 Å². The quantitative estimate of drug-likeness (QED) is 0.875. The topological polar surface area (TPSA) is 68.0 Å². The summed E-state index contributed by atoms with van der Waals surface area (Å²) >= 11 is 0.